The predicted octanol–water partition coefficient (Wildman–Crippen LogP) is 3.61. The number of esters is 1. The van der Waals surface area contributed by atoms with Crippen molar-refractivity contribution in [3.63, 3.8) is 0 Å². The molecule has 0 heterocycles. The molecule has 1 aromatic carbocycles. The van der Waals surface area contributed by atoms with E-state index in [1.807, 2.05) is 25.1 Å². The Kier molecular flexibility index (Phi) is 5.25. The van der Waals surface area contributed by atoms with Crippen molar-refractivity contribution < 1.29 is 9.53 Å². The number of hydrogen-bond acceptors (Lipinski definition) is 3. The smallest absolute Gasteiger partial charge is 0.306 e. The van der Waals surface area contributed by atoms with E-state index >= 15 is 0 Å². The summed E-state index contributed by atoms with van der Waals surface area (Å²) in [7, 11) is 0. The number of rotatable bonds is 5. The van der Waals surface area contributed by atoms with E-state index in [9.17, 15) is 4.79 Å². The van der Waals surface area contributed by atoms with E-state index < -0.39 is 0 Å². The normalized spacial score (nSPS) is 22.8. The van der Waals surface area contributed by atoms with Gasteiger partial charge in [0, 0.05) is 18.2 Å². The fourth-order valence-corrected chi connectivity index (χ4v) is 2.83. The molecule has 1 aliphatic rings. The molecule has 19 heavy (non-hydrogen) atoms. The van der Waals surface area contributed by atoms with Crippen molar-refractivity contribution in [2.75, 3.05) is 11.9 Å². The third-order valence-corrected chi connectivity index (χ3v) is 3.69. The summed E-state index contributed by atoms with van der Waals surface area (Å²) in [6.45, 7) is 2.34. The van der Waals surface area contributed by atoms with Crippen molar-refractivity contribution >= 4 is 11.7 Å². The second kappa shape index (κ2) is 7.17. The summed E-state index contributed by atoms with van der Waals surface area (Å²) in [6.07, 6.45) is 5.16. The molecule has 0 amide bonds. The minimum absolute atomic E-state index is 0.0483. The molecule has 0 radical (unpaired) electrons. The van der Waals surface area contributed by atoms with Crippen LogP contribution in [0.15, 0.2) is 30.3 Å². The van der Waals surface area contributed by atoms with Crippen molar-refractivity contribution in [2.24, 2.45) is 5.92 Å². The highest BCUT2D eigenvalue weighted by atomic mass is 16.5. The number of hydrogen-bond donors (Lipinski definition) is 1. The molecule has 1 N–H and O–H groups in total. The highest BCUT2D eigenvalue weighted by Gasteiger charge is 2.24. The van der Waals surface area contributed by atoms with Crippen LogP contribution in [0.4, 0.5) is 5.69 Å². The lowest BCUT2D eigenvalue weighted by Crippen LogP contribution is -2.28. The van der Waals surface area contributed by atoms with Gasteiger partial charge >= 0.3 is 5.97 Å². The van der Waals surface area contributed by atoms with Gasteiger partial charge in [0.1, 0.15) is 0 Å². The zero-order chi connectivity index (χ0) is 13.5. The first kappa shape index (κ1) is 13.9. The van der Waals surface area contributed by atoms with Crippen molar-refractivity contribution in [1.29, 1.82) is 0 Å². The first-order valence-corrected chi connectivity index (χ1v) is 7.25. The Bertz CT molecular complexity index is 391. The third-order valence-electron chi connectivity index (χ3n) is 3.69. The average Bonchev–Trinajstić information content (AvgIpc) is 2.40. The summed E-state index contributed by atoms with van der Waals surface area (Å²) in [5.74, 6) is 0.418. The quantitative estimate of drug-likeness (QED) is 0.823. The molecule has 2 atom stereocenters. The van der Waals surface area contributed by atoms with Crippen LogP contribution in [-0.2, 0) is 9.53 Å². The summed E-state index contributed by atoms with van der Waals surface area (Å²) in [5.41, 5.74) is 1.17. The van der Waals surface area contributed by atoms with Crippen LogP contribution < -0.4 is 5.32 Å². The molecule has 3 heteroatoms. The van der Waals surface area contributed by atoms with Gasteiger partial charge in [-0.05, 0) is 44.2 Å². The molecule has 1 aromatic rings. The highest BCUT2D eigenvalue weighted by molar-refractivity contribution is 5.69. The minimum Gasteiger partial charge on any atom is -0.466 e. The summed E-state index contributed by atoms with van der Waals surface area (Å²) < 4.78 is 5.04. The lowest BCUT2D eigenvalue weighted by molar-refractivity contribution is -0.144. The summed E-state index contributed by atoms with van der Waals surface area (Å²) in [6, 6.07) is 10.8. The molecule has 2 rings (SSSR count). The molecule has 1 fully saturated rings. The Morgan fingerprint density at radius 2 is 2.11 bits per heavy atom. The summed E-state index contributed by atoms with van der Waals surface area (Å²) in [4.78, 5) is 11.5. The van der Waals surface area contributed by atoms with E-state index in [-0.39, 0.29) is 5.97 Å². The van der Waals surface area contributed by atoms with Crippen LogP contribution in [0.1, 0.15) is 39.0 Å². The van der Waals surface area contributed by atoms with Crippen LogP contribution >= 0.6 is 0 Å². The Morgan fingerprint density at radius 3 is 2.84 bits per heavy atom. The zero-order valence-corrected chi connectivity index (χ0v) is 11.6. The number of benzene rings is 1. The first-order valence-electron chi connectivity index (χ1n) is 7.25. The van der Waals surface area contributed by atoms with Crippen LogP contribution in [0.3, 0.4) is 0 Å². The second-order valence-corrected chi connectivity index (χ2v) is 5.25. The molecule has 3 nitrogen and oxygen atoms in total. The van der Waals surface area contributed by atoms with Gasteiger partial charge in [0.15, 0.2) is 0 Å². The van der Waals surface area contributed by atoms with Gasteiger partial charge in [-0.2, -0.15) is 0 Å². The lowest BCUT2D eigenvalue weighted by Gasteiger charge is -2.30. The van der Waals surface area contributed by atoms with Crippen LogP contribution in [-0.4, -0.2) is 18.6 Å². The SMILES string of the molecule is CCOC(=O)CC1CCCC(Nc2ccccc2)C1. The van der Waals surface area contributed by atoms with Gasteiger partial charge in [0.25, 0.3) is 0 Å². The number of carbonyl (C=O) groups is 1. The van der Waals surface area contributed by atoms with Gasteiger partial charge in [-0.15, -0.1) is 0 Å². The van der Waals surface area contributed by atoms with E-state index in [0.29, 0.717) is 25.0 Å². The molecule has 0 aromatic heterocycles. The van der Waals surface area contributed by atoms with E-state index in [2.05, 4.69) is 17.4 Å². The topological polar surface area (TPSA) is 38.3 Å². The maximum atomic E-state index is 11.5. The molecule has 0 aliphatic heterocycles. The van der Waals surface area contributed by atoms with Crippen molar-refractivity contribution in [1.82, 2.24) is 0 Å². The Labute approximate surface area is 115 Å². The van der Waals surface area contributed by atoms with Crippen molar-refractivity contribution in [3.05, 3.63) is 30.3 Å². The van der Waals surface area contributed by atoms with Crippen molar-refractivity contribution in [2.45, 2.75) is 45.1 Å². The van der Waals surface area contributed by atoms with Gasteiger partial charge in [0.2, 0.25) is 0 Å². The molecular weight excluding hydrogens is 238 g/mol. The van der Waals surface area contributed by atoms with E-state index in [1.54, 1.807) is 0 Å². The average molecular weight is 261 g/mol. The number of para-hydroxylation sites is 1. The number of carbonyl (C=O) groups excluding carboxylic acids is 1. The maximum absolute atomic E-state index is 11.5. The highest BCUT2D eigenvalue weighted by Crippen LogP contribution is 2.29. The van der Waals surface area contributed by atoms with Gasteiger partial charge in [-0.1, -0.05) is 24.6 Å². The first-order chi connectivity index (χ1) is 9.28. The predicted molar refractivity (Wildman–Crippen MR) is 77.1 cm³/mol. The fraction of sp³-hybridized carbons (Fsp3) is 0.562. The molecule has 1 saturated carbocycles. The molecule has 104 valence electrons. The van der Waals surface area contributed by atoms with Crippen LogP contribution in [0.2, 0.25) is 0 Å². The molecule has 0 bridgehead atoms. The van der Waals surface area contributed by atoms with Crippen LogP contribution in [0.25, 0.3) is 0 Å². The third kappa shape index (κ3) is 4.58. The molecular formula is C16H23NO2. The Balaban J connectivity index is 1.82. The van der Waals surface area contributed by atoms with Gasteiger partial charge in [0.05, 0.1) is 6.61 Å². The standard InChI is InChI=1S/C16H23NO2/c1-2-19-16(18)12-13-7-6-10-15(11-13)17-14-8-4-3-5-9-14/h3-5,8-9,13,15,17H,2,6-7,10-12H2,1H3. The van der Waals surface area contributed by atoms with Gasteiger partial charge in [-0.25, -0.2) is 0 Å². The summed E-state index contributed by atoms with van der Waals surface area (Å²) in [5, 5.41) is 3.56. The molecule has 2 unspecified atom stereocenters. The molecule has 0 spiro atoms. The van der Waals surface area contributed by atoms with Gasteiger partial charge < -0.3 is 10.1 Å². The van der Waals surface area contributed by atoms with Crippen LogP contribution in [0, 0.1) is 5.92 Å². The van der Waals surface area contributed by atoms with E-state index in [0.717, 1.165) is 12.8 Å². The minimum atomic E-state index is -0.0483. The summed E-state index contributed by atoms with van der Waals surface area (Å²) >= 11 is 0. The fourth-order valence-electron chi connectivity index (χ4n) is 2.83. The van der Waals surface area contributed by atoms with Crippen LogP contribution in [0.5, 0.6) is 0 Å². The maximum Gasteiger partial charge on any atom is 0.306 e. The largest absolute Gasteiger partial charge is 0.466 e. The molecule has 1 aliphatic carbocycles. The number of anilines is 1. The van der Waals surface area contributed by atoms with Gasteiger partial charge in [-0.3, -0.25) is 4.79 Å². The van der Waals surface area contributed by atoms with E-state index in [1.165, 1.54) is 18.5 Å². The second-order valence-electron chi connectivity index (χ2n) is 5.25. The van der Waals surface area contributed by atoms with E-state index in [4.69, 9.17) is 4.74 Å². The lowest BCUT2D eigenvalue weighted by atomic mass is 9.83. The monoisotopic (exact) mass is 261 g/mol. The number of ether oxygens (including phenoxy) is 1. The van der Waals surface area contributed by atoms with Crippen molar-refractivity contribution in [3.8, 4) is 0 Å². The zero-order valence-electron chi connectivity index (χ0n) is 11.6. The molecule has 0 saturated heterocycles. The Morgan fingerprint density at radius 1 is 1.32 bits per heavy atom. The Hall–Kier alpha value is -1.51. The number of nitrogens with one attached hydrogen (secondary N) is 1.